The molecule has 3 N–H and O–H groups in total. The van der Waals surface area contributed by atoms with Crippen LogP contribution in [-0.4, -0.2) is 35.6 Å². The van der Waals surface area contributed by atoms with E-state index in [-0.39, 0.29) is 15.8 Å². The minimum absolute atomic E-state index is 0.0997. The minimum atomic E-state index is -2.17. The highest BCUT2D eigenvalue weighted by Gasteiger charge is 2.53. The lowest BCUT2D eigenvalue weighted by Crippen LogP contribution is -2.62. The molecule has 1 aliphatic heterocycles. The molecule has 1 aromatic carbocycles. The first-order chi connectivity index (χ1) is 10.5. The molecule has 0 fully saturated rings. The van der Waals surface area contributed by atoms with Gasteiger partial charge in [0.1, 0.15) is 17.7 Å². The lowest BCUT2D eigenvalue weighted by molar-refractivity contribution is -0.172. The summed E-state index contributed by atoms with van der Waals surface area (Å²) in [5, 5.41) is 10.3. The van der Waals surface area contributed by atoms with Crippen LogP contribution in [0.3, 0.4) is 0 Å². The van der Waals surface area contributed by atoms with Gasteiger partial charge in [0.25, 0.3) is 0 Å². The number of benzene rings is 1. The van der Waals surface area contributed by atoms with Crippen molar-refractivity contribution in [3.63, 3.8) is 0 Å². The monoisotopic (exact) mass is 393 g/mol. The van der Waals surface area contributed by atoms with Crippen LogP contribution in [0.1, 0.15) is 26.3 Å². The van der Waals surface area contributed by atoms with Gasteiger partial charge >= 0.3 is 5.97 Å². The smallest absolute Gasteiger partial charge is 0.337 e. The molecule has 0 radical (unpaired) electrons. The lowest BCUT2D eigenvalue weighted by Gasteiger charge is -2.41. The van der Waals surface area contributed by atoms with Gasteiger partial charge in [-0.1, -0.05) is 6.07 Å². The number of halogens is 3. The minimum Gasteiger partial charge on any atom is -0.487 e. The van der Waals surface area contributed by atoms with Crippen molar-refractivity contribution in [1.82, 2.24) is 0 Å². The maximum atomic E-state index is 14.4. The van der Waals surface area contributed by atoms with Crippen molar-refractivity contribution in [2.75, 3.05) is 6.61 Å². The Balaban J connectivity index is 2.48. The molecule has 23 heavy (non-hydrogen) atoms. The van der Waals surface area contributed by atoms with Crippen molar-refractivity contribution < 1.29 is 28.2 Å². The Morgan fingerprint density at radius 1 is 1.57 bits per heavy atom. The first-order valence-corrected chi connectivity index (χ1v) is 7.73. The number of carbonyl (C=O) groups is 1. The topological polar surface area (TPSA) is 81.8 Å². The zero-order valence-electron chi connectivity index (χ0n) is 12.9. The summed E-state index contributed by atoms with van der Waals surface area (Å²) >= 11 is 2.99. The summed E-state index contributed by atoms with van der Waals surface area (Å²) in [5.41, 5.74) is 2.82. The van der Waals surface area contributed by atoms with E-state index in [2.05, 4.69) is 15.9 Å². The average molecular weight is 394 g/mol. The van der Waals surface area contributed by atoms with Crippen molar-refractivity contribution in [3.05, 3.63) is 28.0 Å². The van der Waals surface area contributed by atoms with Crippen LogP contribution in [0.25, 0.3) is 0 Å². The molecule has 0 bridgehead atoms. The lowest BCUT2D eigenvalue weighted by atomic mass is 9.79. The quantitative estimate of drug-likeness (QED) is 0.752. The Bertz CT molecular complexity index is 635. The number of aliphatic hydroxyl groups is 1. The Morgan fingerprint density at radius 3 is 2.74 bits per heavy atom. The van der Waals surface area contributed by atoms with Gasteiger partial charge in [0.2, 0.25) is 0 Å². The number of fused-ring (bicyclic) bond motifs is 1. The number of nitrogens with two attached hydrogens (primary N) is 1. The van der Waals surface area contributed by atoms with Crippen LogP contribution in [0.15, 0.2) is 16.6 Å². The molecule has 8 heteroatoms. The predicted molar refractivity (Wildman–Crippen MR) is 82.2 cm³/mol. The summed E-state index contributed by atoms with van der Waals surface area (Å²) in [6, 6.07) is 2.61. The second-order valence-electron chi connectivity index (χ2n) is 6.39. The molecule has 0 aromatic heterocycles. The van der Waals surface area contributed by atoms with Gasteiger partial charge < -0.3 is 20.3 Å². The third-order valence-corrected chi connectivity index (χ3v) is 4.10. The molecule has 3 atom stereocenters. The highest BCUT2D eigenvalue weighted by molar-refractivity contribution is 9.10. The Labute approximate surface area is 140 Å². The standard InChI is InChI=1S/C15H18BrF2NO4/c1-14(2,3)23-13(21)12(20)15(19)7-4-5-8(16)10(18)11(7)22-6-9(15)17/h4-5,9,12,20H,6,19H2,1-3H3/t9-,12?,15+/m0/s1. The van der Waals surface area contributed by atoms with Crippen molar-refractivity contribution in [2.24, 2.45) is 5.73 Å². The van der Waals surface area contributed by atoms with Crippen molar-refractivity contribution in [1.29, 1.82) is 0 Å². The number of hydrogen-bond donors (Lipinski definition) is 2. The Kier molecular flexibility index (Phi) is 4.71. The van der Waals surface area contributed by atoms with Gasteiger partial charge in [0, 0.05) is 5.56 Å². The van der Waals surface area contributed by atoms with Crippen molar-refractivity contribution in [3.8, 4) is 5.75 Å². The van der Waals surface area contributed by atoms with Crippen molar-refractivity contribution in [2.45, 2.75) is 44.2 Å². The molecule has 5 nitrogen and oxygen atoms in total. The van der Waals surface area contributed by atoms with Gasteiger partial charge in [-0.2, -0.15) is 0 Å². The van der Waals surface area contributed by atoms with Crippen LogP contribution >= 0.6 is 15.9 Å². The fourth-order valence-electron chi connectivity index (χ4n) is 2.35. The number of aliphatic hydroxyl groups excluding tert-OH is 1. The first-order valence-electron chi connectivity index (χ1n) is 6.93. The Hall–Kier alpha value is -1.25. The summed E-state index contributed by atoms with van der Waals surface area (Å²) in [5.74, 6) is -2.15. The van der Waals surface area contributed by atoms with Gasteiger partial charge in [-0.25, -0.2) is 13.6 Å². The summed E-state index contributed by atoms with van der Waals surface area (Å²) < 4.78 is 38.8. The van der Waals surface area contributed by atoms with E-state index in [4.69, 9.17) is 15.2 Å². The number of ether oxygens (including phenoxy) is 2. The van der Waals surface area contributed by atoms with E-state index < -0.39 is 41.8 Å². The van der Waals surface area contributed by atoms with E-state index >= 15 is 0 Å². The predicted octanol–water partition coefficient (Wildman–Crippen LogP) is 2.18. The van der Waals surface area contributed by atoms with E-state index in [9.17, 15) is 18.7 Å². The molecule has 1 aromatic rings. The van der Waals surface area contributed by atoms with E-state index in [1.54, 1.807) is 20.8 Å². The Morgan fingerprint density at radius 2 is 2.17 bits per heavy atom. The van der Waals surface area contributed by atoms with Gasteiger partial charge in [-0.15, -0.1) is 0 Å². The molecule has 1 heterocycles. The molecule has 128 valence electrons. The number of hydrogen-bond acceptors (Lipinski definition) is 5. The maximum Gasteiger partial charge on any atom is 0.337 e. The first kappa shape index (κ1) is 18.1. The zero-order valence-corrected chi connectivity index (χ0v) is 14.5. The SMILES string of the molecule is CC(C)(C)OC(=O)C(O)[C@@]1(N)c2ccc(Br)c(F)c2OC[C@@H]1F. The molecular formula is C15H18BrF2NO4. The van der Waals surface area contributed by atoms with E-state index in [0.717, 1.165) is 0 Å². The number of rotatable bonds is 2. The van der Waals surface area contributed by atoms with Crippen LogP contribution in [0.5, 0.6) is 5.75 Å². The second-order valence-corrected chi connectivity index (χ2v) is 7.24. The number of esters is 1. The molecule has 0 saturated heterocycles. The third-order valence-electron chi connectivity index (χ3n) is 3.49. The highest BCUT2D eigenvalue weighted by atomic mass is 79.9. The molecular weight excluding hydrogens is 376 g/mol. The van der Waals surface area contributed by atoms with Gasteiger partial charge in [0.15, 0.2) is 23.8 Å². The summed E-state index contributed by atoms with van der Waals surface area (Å²) in [6.45, 7) is 4.21. The summed E-state index contributed by atoms with van der Waals surface area (Å²) in [4.78, 5) is 12.1. The largest absolute Gasteiger partial charge is 0.487 e. The van der Waals surface area contributed by atoms with E-state index in [1.165, 1.54) is 12.1 Å². The molecule has 0 spiro atoms. The normalized spacial score (nSPS) is 25.3. The summed E-state index contributed by atoms with van der Waals surface area (Å²) in [6.07, 6.45) is -3.93. The van der Waals surface area contributed by atoms with E-state index in [1.807, 2.05) is 0 Å². The molecule has 0 aliphatic carbocycles. The molecule has 0 amide bonds. The van der Waals surface area contributed by atoms with Crippen LogP contribution in [0, 0.1) is 5.82 Å². The third kappa shape index (κ3) is 3.20. The second kappa shape index (κ2) is 5.99. The fraction of sp³-hybridized carbons (Fsp3) is 0.533. The van der Waals surface area contributed by atoms with Crippen LogP contribution in [0.2, 0.25) is 0 Å². The fourth-order valence-corrected chi connectivity index (χ4v) is 2.66. The molecule has 1 aliphatic rings. The van der Waals surface area contributed by atoms with Crippen LogP contribution in [0.4, 0.5) is 8.78 Å². The van der Waals surface area contributed by atoms with E-state index in [0.29, 0.717) is 0 Å². The number of alkyl halides is 1. The molecule has 2 rings (SSSR count). The van der Waals surface area contributed by atoms with Gasteiger partial charge in [-0.3, -0.25) is 0 Å². The van der Waals surface area contributed by atoms with Crippen LogP contribution in [-0.2, 0) is 15.1 Å². The molecule has 1 unspecified atom stereocenters. The van der Waals surface area contributed by atoms with Crippen molar-refractivity contribution >= 4 is 21.9 Å². The zero-order chi connectivity index (χ0) is 17.6. The van der Waals surface area contributed by atoms with Gasteiger partial charge in [0.05, 0.1) is 4.47 Å². The number of carbonyl (C=O) groups excluding carboxylic acids is 1. The molecule has 0 saturated carbocycles. The van der Waals surface area contributed by atoms with Gasteiger partial charge in [-0.05, 0) is 42.8 Å². The maximum absolute atomic E-state index is 14.4. The van der Waals surface area contributed by atoms with Crippen LogP contribution < -0.4 is 10.5 Å². The average Bonchev–Trinajstić information content (AvgIpc) is 2.44. The summed E-state index contributed by atoms with van der Waals surface area (Å²) in [7, 11) is 0. The highest BCUT2D eigenvalue weighted by Crippen LogP contribution is 2.42.